The first-order chi connectivity index (χ1) is 42.4. The minimum Gasteiger partial charge on any atom is -0.462 e. The van der Waals surface area contributed by atoms with E-state index in [-0.39, 0.29) is 25.7 Å². The van der Waals surface area contributed by atoms with Crippen LogP contribution in [-0.2, 0) is 65.4 Å². The molecule has 0 aliphatic rings. The molecular weight excluding hydrogens is 1160 g/mol. The van der Waals surface area contributed by atoms with Crippen molar-refractivity contribution in [3.63, 3.8) is 0 Å². The van der Waals surface area contributed by atoms with E-state index in [1.807, 2.05) is 0 Å². The maximum absolute atomic E-state index is 13.0. The lowest BCUT2D eigenvalue weighted by atomic mass is 10.0. The van der Waals surface area contributed by atoms with Crippen molar-refractivity contribution in [1.82, 2.24) is 0 Å². The first kappa shape index (κ1) is 86.1. The average molecular weight is 1300 g/mol. The summed E-state index contributed by atoms with van der Waals surface area (Å²) in [5.41, 5.74) is 0. The topological polar surface area (TPSA) is 237 Å². The fourth-order valence-electron chi connectivity index (χ4n) is 10.4. The molecule has 88 heavy (non-hydrogen) atoms. The van der Waals surface area contributed by atoms with Crippen LogP contribution in [0, 0.1) is 11.8 Å². The van der Waals surface area contributed by atoms with Gasteiger partial charge in [0.1, 0.15) is 19.3 Å². The third kappa shape index (κ3) is 62.8. The van der Waals surface area contributed by atoms with Crippen molar-refractivity contribution in [2.75, 3.05) is 39.6 Å². The number of rotatable bonds is 68. The van der Waals surface area contributed by atoms with E-state index < -0.39 is 97.5 Å². The van der Waals surface area contributed by atoms with E-state index in [4.69, 9.17) is 37.0 Å². The molecule has 3 N–H and O–H groups in total. The number of unbranched alkanes of at least 4 members (excludes halogenated alkanes) is 38. The van der Waals surface area contributed by atoms with Gasteiger partial charge in [0, 0.05) is 25.7 Å². The van der Waals surface area contributed by atoms with Crippen LogP contribution >= 0.6 is 15.6 Å². The van der Waals surface area contributed by atoms with Crippen LogP contribution in [0.5, 0.6) is 0 Å². The number of carbonyl (C=O) groups is 4. The molecule has 0 amide bonds. The molecule has 0 radical (unpaired) electrons. The minimum atomic E-state index is -4.95. The molecule has 19 heteroatoms. The van der Waals surface area contributed by atoms with Gasteiger partial charge in [-0.3, -0.25) is 37.3 Å². The van der Waals surface area contributed by atoms with Crippen LogP contribution < -0.4 is 0 Å². The lowest BCUT2D eigenvalue weighted by molar-refractivity contribution is -0.161. The summed E-state index contributed by atoms with van der Waals surface area (Å²) >= 11 is 0. The molecule has 0 saturated heterocycles. The SMILES string of the molecule is CCCCCCCCCCCCCCCCCCCCCCC(=O)O[C@H](COC(=O)CCCCCCCCCC(C)C)COP(=O)(O)OC[C@@H](O)COP(=O)(O)OC[C@@H](COC(=O)CCCCCCCCCCC)OC(=O)CCCCCCCCC(C)C. The summed E-state index contributed by atoms with van der Waals surface area (Å²) < 4.78 is 68.1. The number of hydrogen-bond acceptors (Lipinski definition) is 15. The fourth-order valence-corrected chi connectivity index (χ4v) is 12.0. The normalized spacial score (nSPS) is 14.2. The zero-order chi connectivity index (χ0) is 65.0. The van der Waals surface area contributed by atoms with Gasteiger partial charge in [-0.1, -0.05) is 298 Å². The molecule has 0 heterocycles. The Labute approximate surface area is 537 Å². The second-order valence-corrected chi connectivity index (χ2v) is 28.8. The van der Waals surface area contributed by atoms with Crippen molar-refractivity contribution in [3.8, 4) is 0 Å². The lowest BCUT2D eigenvalue weighted by Crippen LogP contribution is -2.30. The Bertz CT molecular complexity index is 1720. The number of esters is 4. The molecule has 0 bridgehead atoms. The van der Waals surface area contributed by atoms with Gasteiger partial charge in [0.15, 0.2) is 12.2 Å². The van der Waals surface area contributed by atoms with Gasteiger partial charge in [-0.25, -0.2) is 9.13 Å². The molecule has 0 saturated carbocycles. The van der Waals surface area contributed by atoms with E-state index in [2.05, 4.69) is 41.5 Å². The smallest absolute Gasteiger partial charge is 0.462 e. The number of aliphatic hydroxyl groups excluding tert-OH is 1. The Morgan fingerprint density at radius 2 is 0.523 bits per heavy atom. The Hall–Kier alpha value is -1.94. The quantitative estimate of drug-likeness (QED) is 0.0222. The third-order valence-corrected chi connectivity index (χ3v) is 17.9. The minimum absolute atomic E-state index is 0.102. The number of ether oxygens (including phenoxy) is 4. The molecule has 522 valence electrons. The number of carbonyl (C=O) groups excluding carboxylic acids is 4. The van der Waals surface area contributed by atoms with Crippen molar-refractivity contribution in [3.05, 3.63) is 0 Å². The van der Waals surface area contributed by atoms with Crippen molar-refractivity contribution < 1.29 is 80.2 Å². The van der Waals surface area contributed by atoms with Crippen LogP contribution in [0.15, 0.2) is 0 Å². The van der Waals surface area contributed by atoms with Gasteiger partial charge in [0.05, 0.1) is 26.4 Å². The summed E-state index contributed by atoms with van der Waals surface area (Å²) in [6.45, 7) is 9.37. The van der Waals surface area contributed by atoms with Crippen LogP contribution in [-0.4, -0.2) is 96.7 Å². The molecule has 5 atom stereocenters. The monoisotopic (exact) mass is 1300 g/mol. The molecule has 0 aromatic heterocycles. The largest absolute Gasteiger partial charge is 0.472 e. The maximum atomic E-state index is 13.0. The Kier molecular flexibility index (Phi) is 59.9. The first-order valence-corrected chi connectivity index (χ1v) is 39.0. The number of phosphoric acid groups is 2. The maximum Gasteiger partial charge on any atom is 0.472 e. The number of hydrogen-bond donors (Lipinski definition) is 3. The highest BCUT2D eigenvalue weighted by atomic mass is 31.2. The molecule has 2 unspecified atom stereocenters. The van der Waals surface area contributed by atoms with Crippen LogP contribution in [0.4, 0.5) is 0 Å². The second kappa shape index (κ2) is 61.3. The highest BCUT2D eigenvalue weighted by Gasteiger charge is 2.30. The molecule has 0 aromatic carbocycles. The van der Waals surface area contributed by atoms with E-state index in [0.717, 1.165) is 96.3 Å². The summed E-state index contributed by atoms with van der Waals surface area (Å²) in [6, 6.07) is 0. The first-order valence-electron chi connectivity index (χ1n) is 36.0. The van der Waals surface area contributed by atoms with Gasteiger partial charge in [-0.15, -0.1) is 0 Å². The summed E-state index contributed by atoms with van der Waals surface area (Å²) in [6.07, 6.45) is 46.3. The molecule has 0 aliphatic heterocycles. The van der Waals surface area contributed by atoms with Gasteiger partial charge in [-0.2, -0.15) is 0 Å². The van der Waals surface area contributed by atoms with Crippen molar-refractivity contribution >= 4 is 39.5 Å². The highest BCUT2D eigenvalue weighted by molar-refractivity contribution is 7.47. The van der Waals surface area contributed by atoms with Crippen LogP contribution in [0.2, 0.25) is 0 Å². The summed E-state index contributed by atoms with van der Waals surface area (Å²) in [5.74, 6) is -0.759. The third-order valence-electron chi connectivity index (χ3n) is 16.0. The van der Waals surface area contributed by atoms with Gasteiger partial charge in [-0.05, 0) is 37.5 Å². The van der Waals surface area contributed by atoms with E-state index in [0.29, 0.717) is 37.5 Å². The predicted octanol–water partition coefficient (Wildman–Crippen LogP) is 19.6. The Balaban J connectivity index is 5.15. The van der Waals surface area contributed by atoms with E-state index in [1.54, 1.807) is 0 Å². The average Bonchev–Trinajstić information content (AvgIpc) is 3.68. The van der Waals surface area contributed by atoms with E-state index in [9.17, 15) is 43.2 Å². The molecular formula is C69H134O17P2. The van der Waals surface area contributed by atoms with Gasteiger partial charge in [0.2, 0.25) is 0 Å². The molecule has 0 spiro atoms. The van der Waals surface area contributed by atoms with Crippen molar-refractivity contribution in [2.24, 2.45) is 11.8 Å². The Morgan fingerprint density at radius 1 is 0.307 bits per heavy atom. The number of aliphatic hydroxyl groups is 1. The van der Waals surface area contributed by atoms with Crippen molar-refractivity contribution in [2.45, 2.75) is 368 Å². The summed E-state index contributed by atoms with van der Waals surface area (Å²) in [7, 11) is -9.89. The van der Waals surface area contributed by atoms with Gasteiger partial charge < -0.3 is 33.8 Å². The zero-order valence-corrected chi connectivity index (χ0v) is 58.8. The highest BCUT2D eigenvalue weighted by Crippen LogP contribution is 2.45. The van der Waals surface area contributed by atoms with Crippen molar-refractivity contribution in [1.29, 1.82) is 0 Å². The molecule has 17 nitrogen and oxygen atoms in total. The lowest BCUT2D eigenvalue weighted by Gasteiger charge is -2.21. The molecule has 0 aliphatic carbocycles. The van der Waals surface area contributed by atoms with E-state index >= 15 is 0 Å². The molecule has 0 fully saturated rings. The van der Waals surface area contributed by atoms with Crippen LogP contribution in [0.3, 0.4) is 0 Å². The summed E-state index contributed by atoms with van der Waals surface area (Å²) in [5, 5.41) is 10.6. The zero-order valence-electron chi connectivity index (χ0n) is 57.0. The standard InChI is InChI=1S/C69H134O17P2/c1-7-9-11-13-15-17-18-19-20-21-22-23-24-25-26-27-29-33-41-47-53-68(73)85-64(57-80-67(72)52-46-40-34-30-31-37-43-49-61(3)4)59-83-87(75,76)81-55-63(70)56-82-88(77,78)84-60-65(86-69(74)54-48-42-36-35-38-44-50-62(5)6)58-79-66(71)51-45-39-32-28-16-14-12-10-8-2/h61-65,70H,7-60H2,1-6H3,(H,75,76)(H,77,78)/t63-,64-,65-/m1/s1. The van der Waals surface area contributed by atoms with Crippen LogP contribution in [0.25, 0.3) is 0 Å². The second-order valence-electron chi connectivity index (χ2n) is 25.9. The van der Waals surface area contributed by atoms with E-state index in [1.165, 1.54) is 161 Å². The summed E-state index contributed by atoms with van der Waals surface area (Å²) in [4.78, 5) is 72.3. The van der Waals surface area contributed by atoms with Gasteiger partial charge >= 0.3 is 39.5 Å². The van der Waals surface area contributed by atoms with Gasteiger partial charge in [0.25, 0.3) is 0 Å². The Morgan fingerprint density at radius 3 is 0.773 bits per heavy atom. The molecule has 0 aromatic rings. The van der Waals surface area contributed by atoms with Crippen LogP contribution in [0.1, 0.15) is 350 Å². The number of phosphoric ester groups is 2. The predicted molar refractivity (Wildman–Crippen MR) is 354 cm³/mol. The fraction of sp³-hybridized carbons (Fsp3) is 0.942. The molecule has 0 rings (SSSR count).